The summed E-state index contributed by atoms with van der Waals surface area (Å²) < 4.78 is 0. The van der Waals surface area contributed by atoms with Crippen LogP contribution in [0.3, 0.4) is 0 Å². The lowest BCUT2D eigenvalue weighted by Gasteiger charge is -2.29. The number of aromatic nitrogens is 2. The van der Waals surface area contributed by atoms with Crippen LogP contribution >= 0.6 is 11.8 Å². The second-order valence-corrected chi connectivity index (χ2v) is 8.45. The summed E-state index contributed by atoms with van der Waals surface area (Å²) in [7, 11) is 0. The zero-order chi connectivity index (χ0) is 19.3. The van der Waals surface area contributed by atoms with Crippen molar-refractivity contribution in [1.29, 1.82) is 0 Å². The first-order valence-corrected chi connectivity index (χ1v) is 10.9. The molecule has 144 valence electrons. The van der Waals surface area contributed by atoms with Crippen molar-refractivity contribution in [3.05, 3.63) is 54.6 Å². The topological polar surface area (TPSA) is 54.9 Å². The van der Waals surface area contributed by atoms with Gasteiger partial charge < -0.3 is 5.32 Å². The monoisotopic (exact) mass is 391 g/mol. The van der Waals surface area contributed by atoms with E-state index >= 15 is 0 Å². The predicted octanol–water partition coefficient (Wildman–Crippen LogP) is 5.08. The van der Waals surface area contributed by atoms with E-state index in [-0.39, 0.29) is 5.91 Å². The van der Waals surface area contributed by atoms with Gasteiger partial charge in [-0.2, -0.15) is 0 Å². The van der Waals surface area contributed by atoms with Crippen LogP contribution in [0, 0.1) is 5.92 Å². The van der Waals surface area contributed by atoms with E-state index in [0.29, 0.717) is 17.7 Å². The van der Waals surface area contributed by atoms with Crippen molar-refractivity contribution in [3.8, 4) is 11.3 Å². The van der Waals surface area contributed by atoms with Crippen LogP contribution in [0.4, 0.5) is 0 Å². The summed E-state index contributed by atoms with van der Waals surface area (Å²) in [4.78, 5) is 12.5. The Balaban J connectivity index is 1.51. The number of rotatable bonds is 5. The van der Waals surface area contributed by atoms with E-state index in [2.05, 4.69) is 34.6 Å². The summed E-state index contributed by atoms with van der Waals surface area (Å²) in [6.07, 6.45) is 4.78. The van der Waals surface area contributed by atoms with Crippen molar-refractivity contribution in [3.63, 3.8) is 0 Å². The second-order valence-electron chi connectivity index (χ2n) is 7.49. The SMILES string of the molecule is C[C@@H]1CCCC[C@H]1NC(=O)CSc1nnc(-c2ccccc2)c2ccccc12. The fraction of sp³-hybridized carbons (Fsp3) is 0.348. The van der Waals surface area contributed by atoms with Crippen molar-refractivity contribution in [1.82, 2.24) is 15.5 Å². The van der Waals surface area contributed by atoms with Crippen molar-refractivity contribution in [2.75, 3.05) is 5.75 Å². The molecule has 3 aromatic rings. The summed E-state index contributed by atoms with van der Waals surface area (Å²) in [5.74, 6) is 1.02. The van der Waals surface area contributed by atoms with E-state index in [4.69, 9.17) is 0 Å². The molecule has 1 fully saturated rings. The smallest absolute Gasteiger partial charge is 0.230 e. The molecule has 0 aliphatic heterocycles. The van der Waals surface area contributed by atoms with Crippen LogP contribution in [0.5, 0.6) is 0 Å². The summed E-state index contributed by atoms with van der Waals surface area (Å²) in [5, 5.41) is 15.1. The number of nitrogens with one attached hydrogen (secondary N) is 1. The van der Waals surface area contributed by atoms with E-state index < -0.39 is 0 Å². The molecular formula is C23H25N3OS. The molecule has 0 spiro atoms. The quantitative estimate of drug-likeness (QED) is 0.616. The number of hydrogen-bond acceptors (Lipinski definition) is 4. The number of benzene rings is 2. The third-order valence-electron chi connectivity index (χ3n) is 5.50. The van der Waals surface area contributed by atoms with Gasteiger partial charge in [0.05, 0.1) is 5.75 Å². The Hall–Kier alpha value is -2.40. The Kier molecular flexibility index (Phi) is 5.91. The number of nitrogens with zero attached hydrogens (tertiary/aromatic N) is 2. The molecule has 2 aromatic carbocycles. The maximum atomic E-state index is 12.5. The van der Waals surface area contributed by atoms with Crippen LogP contribution in [0.1, 0.15) is 32.6 Å². The highest BCUT2D eigenvalue weighted by atomic mass is 32.2. The molecule has 1 aromatic heterocycles. The molecule has 1 heterocycles. The summed E-state index contributed by atoms with van der Waals surface area (Å²) in [5.41, 5.74) is 1.92. The van der Waals surface area contributed by atoms with E-state index in [0.717, 1.165) is 33.5 Å². The highest BCUT2D eigenvalue weighted by molar-refractivity contribution is 8.00. The highest BCUT2D eigenvalue weighted by Gasteiger charge is 2.23. The van der Waals surface area contributed by atoms with Gasteiger partial charge in [-0.05, 0) is 18.8 Å². The maximum absolute atomic E-state index is 12.5. The molecule has 5 heteroatoms. The molecule has 1 aliphatic rings. The first kappa shape index (κ1) is 18.9. The molecule has 28 heavy (non-hydrogen) atoms. The standard InChI is InChI=1S/C23H25N3OS/c1-16-9-5-8-14-20(16)24-21(27)15-28-23-19-13-7-6-12-18(19)22(25-26-23)17-10-3-2-4-11-17/h2-4,6-7,10-13,16,20H,5,8-9,14-15H2,1H3,(H,24,27)/t16-,20-/m1/s1. The minimum atomic E-state index is 0.0850. The van der Waals surface area contributed by atoms with Crippen LogP contribution < -0.4 is 5.32 Å². The Morgan fingerprint density at radius 3 is 2.50 bits per heavy atom. The summed E-state index contributed by atoms with van der Waals surface area (Å²) in [6.45, 7) is 2.23. The molecule has 2 atom stereocenters. The lowest BCUT2D eigenvalue weighted by Crippen LogP contribution is -2.41. The van der Waals surface area contributed by atoms with E-state index in [9.17, 15) is 4.79 Å². The minimum absolute atomic E-state index is 0.0850. The fourth-order valence-electron chi connectivity index (χ4n) is 3.91. The molecule has 1 amide bonds. The molecular weight excluding hydrogens is 366 g/mol. The van der Waals surface area contributed by atoms with Crippen molar-refractivity contribution < 1.29 is 4.79 Å². The van der Waals surface area contributed by atoms with Gasteiger partial charge in [-0.1, -0.05) is 86.1 Å². The molecule has 0 bridgehead atoms. The number of amides is 1. The maximum Gasteiger partial charge on any atom is 0.230 e. The average molecular weight is 392 g/mol. The minimum Gasteiger partial charge on any atom is -0.352 e. The summed E-state index contributed by atoms with van der Waals surface area (Å²) >= 11 is 1.47. The van der Waals surface area contributed by atoms with Gasteiger partial charge in [-0.3, -0.25) is 4.79 Å². The Bertz CT molecular complexity index is 960. The number of carbonyl (C=O) groups excluding carboxylic acids is 1. The normalized spacial score (nSPS) is 19.5. The average Bonchev–Trinajstić information content (AvgIpc) is 2.74. The molecule has 1 aliphatic carbocycles. The number of fused-ring (bicyclic) bond motifs is 1. The van der Waals surface area contributed by atoms with Gasteiger partial charge in [0.1, 0.15) is 10.7 Å². The fourth-order valence-corrected chi connectivity index (χ4v) is 4.69. The Morgan fingerprint density at radius 2 is 1.71 bits per heavy atom. The third-order valence-corrected chi connectivity index (χ3v) is 6.48. The largest absolute Gasteiger partial charge is 0.352 e. The number of thioether (sulfide) groups is 1. The first-order chi connectivity index (χ1) is 13.7. The third kappa shape index (κ3) is 4.20. The molecule has 0 radical (unpaired) electrons. The Labute approximate surface area is 170 Å². The van der Waals surface area contributed by atoms with Crippen LogP contribution in [-0.4, -0.2) is 27.9 Å². The van der Waals surface area contributed by atoms with E-state index in [1.807, 2.05) is 42.5 Å². The van der Waals surface area contributed by atoms with Crippen LogP contribution in [0.2, 0.25) is 0 Å². The van der Waals surface area contributed by atoms with Gasteiger partial charge in [0.25, 0.3) is 0 Å². The van der Waals surface area contributed by atoms with E-state index in [1.165, 1.54) is 31.0 Å². The van der Waals surface area contributed by atoms with Crippen LogP contribution in [0.25, 0.3) is 22.0 Å². The van der Waals surface area contributed by atoms with Gasteiger partial charge >= 0.3 is 0 Å². The summed E-state index contributed by atoms with van der Waals surface area (Å²) in [6, 6.07) is 18.6. The van der Waals surface area contributed by atoms with Crippen molar-refractivity contribution in [2.24, 2.45) is 5.92 Å². The van der Waals surface area contributed by atoms with Gasteiger partial charge in [-0.25, -0.2) is 0 Å². The lowest BCUT2D eigenvalue weighted by molar-refractivity contribution is -0.119. The van der Waals surface area contributed by atoms with Gasteiger partial charge in [0.15, 0.2) is 0 Å². The van der Waals surface area contributed by atoms with Gasteiger partial charge in [-0.15, -0.1) is 10.2 Å². The van der Waals surface area contributed by atoms with Gasteiger partial charge in [0.2, 0.25) is 5.91 Å². The predicted molar refractivity (Wildman–Crippen MR) is 115 cm³/mol. The van der Waals surface area contributed by atoms with Crippen molar-refractivity contribution >= 4 is 28.4 Å². The van der Waals surface area contributed by atoms with Gasteiger partial charge in [0, 0.05) is 22.4 Å². The molecule has 1 saturated carbocycles. The molecule has 0 unspecified atom stereocenters. The second kappa shape index (κ2) is 8.74. The van der Waals surface area contributed by atoms with Crippen molar-refractivity contribution in [2.45, 2.75) is 43.7 Å². The molecule has 4 rings (SSSR count). The first-order valence-electron chi connectivity index (χ1n) is 9.95. The molecule has 0 saturated heterocycles. The zero-order valence-electron chi connectivity index (χ0n) is 16.1. The Morgan fingerprint density at radius 1 is 1.00 bits per heavy atom. The highest BCUT2D eigenvalue weighted by Crippen LogP contribution is 2.31. The number of hydrogen-bond donors (Lipinski definition) is 1. The van der Waals surface area contributed by atoms with E-state index in [1.54, 1.807) is 0 Å². The lowest BCUT2D eigenvalue weighted by atomic mass is 9.86. The zero-order valence-corrected chi connectivity index (χ0v) is 16.9. The molecule has 1 N–H and O–H groups in total. The number of carbonyl (C=O) groups is 1. The van der Waals surface area contributed by atoms with Crippen LogP contribution in [0.15, 0.2) is 59.6 Å². The van der Waals surface area contributed by atoms with Crippen LogP contribution in [-0.2, 0) is 4.79 Å². The molecule has 4 nitrogen and oxygen atoms in total.